The number of carbonyl (C=O) groups excluding carboxylic acids is 1. The van der Waals surface area contributed by atoms with Gasteiger partial charge in [0.1, 0.15) is 17.7 Å². The van der Waals surface area contributed by atoms with Crippen molar-refractivity contribution in [2.45, 2.75) is 26.9 Å². The van der Waals surface area contributed by atoms with Crippen LogP contribution >= 0.6 is 34.5 Å². The molecule has 6 nitrogen and oxygen atoms in total. The third kappa shape index (κ3) is 6.01. The maximum absolute atomic E-state index is 13.8. The number of anilines is 1. The summed E-state index contributed by atoms with van der Waals surface area (Å²) in [4.78, 5) is 18.8. The number of hydrogen-bond acceptors (Lipinski definition) is 5. The molecule has 0 saturated heterocycles. The quantitative estimate of drug-likeness (QED) is 0.337. The van der Waals surface area contributed by atoms with E-state index in [1.807, 2.05) is 6.07 Å². The predicted octanol–water partition coefficient (Wildman–Crippen LogP) is 6.35. The molecule has 2 aromatic carbocycles. The van der Waals surface area contributed by atoms with Crippen molar-refractivity contribution >= 4 is 55.9 Å². The van der Waals surface area contributed by atoms with Gasteiger partial charge in [0.15, 0.2) is 5.13 Å². The highest BCUT2D eigenvalue weighted by Gasteiger charge is 2.19. The Balaban J connectivity index is 1.65. The second kappa shape index (κ2) is 11.1. The molecule has 2 amide bonds. The lowest BCUT2D eigenvalue weighted by Crippen LogP contribution is -2.36. The van der Waals surface area contributed by atoms with Gasteiger partial charge in [0.2, 0.25) is 0 Å². The zero-order valence-corrected chi connectivity index (χ0v) is 20.4. The van der Waals surface area contributed by atoms with Gasteiger partial charge in [0.25, 0.3) is 0 Å². The van der Waals surface area contributed by atoms with Gasteiger partial charge in [0, 0.05) is 23.7 Å². The first-order valence-corrected chi connectivity index (χ1v) is 11.9. The Morgan fingerprint density at radius 1 is 1.25 bits per heavy atom. The molecule has 1 heterocycles. The van der Waals surface area contributed by atoms with E-state index in [0.717, 1.165) is 29.9 Å². The van der Waals surface area contributed by atoms with E-state index in [1.54, 1.807) is 19.1 Å². The van der Waals surface area contributed by atoms with Crippen LogP contribution < -0.4 is 15.4 Å². The van der Waals surface area contributed by atoms with Crippen LogP contribution in [0.1, 0.15) is 32.4 Å². The van der Waals surface area contributed by atoms with Crippen molar-refractivity contribution in [1.29, 1.82) is 0 Å². The van der Waals surface area contributed by atoms with E-state index >= 15 is 0 Å². The summed E-state index contributed by atoms with van der Waals surface area (Å²) >= 11 is 13.6. The number of likely N-dealkylation sites (N-methyl/N-ethyl adjacent to an activating group) is 1. The molecule has 0 aliphatic carbocycles. The minimum Gasteiger partial charge on any atom is -0.486 e. The highest BCUT2D eigenvalue weighted by Crippen LogP contribution is 2.36. The number of thiazole rings is 1. The molecule has 2 N–H and O–H groups in total. The zero-order chi connectivity index (χ0) is 23.3. The summed E-state index contributed by atoms with van der Waals surface area (Å²) in [6, 6.07) is 7.75. The summed E-state index contributed by atoms with van der Waals surface area (Å²) in [6.07, 6.45) is -0.565. The molecule has 1 unspecified atom stereocenters. The number of carbonyl (C=O) groups is 1. The number of nitrogens with zero attached hydrogens (tertiary/aromatic N) is 2. The second-order valence-electron chi connectivity index (χ2n) is 7.07. The van der Waals surface area contributed by atoms with Crippen LogP contribution in [0.4, 0.5) is 14.3 Å². The van der Waals surface area contributed by atoms with Gasteiger partial charge in [0.05, 0.1) is 15.2 Å². The zero-order valence-electron chi connectivity index (χ0n) is 18.0. The molecule has 0 radical (unpaired) electrons. The van der Waals surface area contributed by atoms with Gasteiger partial charge in [-0.15, -0.1) is 0 Å². The summed E-state index contributed by atoms with van der Waals surface area (Å²) in [6.45, 7) is 9.16. The highest BCUT2D eigenvalue weighted by atomic mass is 35.5. The van der Waals surface area contributed by atoms with Crippen molar-refractivity contribution in [3.63, 3.8) is 0 Å². The van der Waals surface area contributed by atoms with Crippen molar-refractivity contribution in [2.75, 3.05) is 31.5 Å². The number of benzene rings is 2. The van der Waals surface area contributed by atoms with Crippen molar-refractivity contribution in [3.05, 3.63) is 51.8 Å². The lowest BCUT2D eigenvalue weighted by Gasteiger charge is -2.18. The molecule has 0 fully saturated rings. The summed E-state index contributed by atoms with van der Waals surface area (Å²) < 4.78 is 20.6. The molecule has 3 aromatic rings. The van der Waals surface area contributed by atoms with E-state index in [9.17, 15) is 9.18 Å². The Labute approximate surface area is 200 Å². The average molecular weight is 499 g/mol. The van der Waals surface area contributed by atoms with E-state index in [2.05, 4.69) is 34.4 Å². The molecule has 0 aliphatic rings. The van der Waals surface area contributed by atoms with Crippen LogP contribution in [-0.4, -0.2) is 42.1 Å². The Morgan fingerprint density at radius 2 is 2.00 bits per heavy atom. The van der Waals surface area contributed by atoms with Gasteiger partial charge in [-0.05, 0) is 50.3 Å². The van der Waals surface area contributed by atoms with Crippen molar-refractivity contribution in [1.82, 2.24) is 15.2 Å². The maximum atomic E-state index is 13.8. The molecule has 0 saturated carbocycles. The molecule has 1 aromatic heterocycles. The van der Waals surface area contributed by atoms with Crippen LogP contribution in [0.15, 0.2) is 30.3 Å². The van der Waals surface area contributed by atoms with Gasteiger partial charge < -0.3 is 15.0 Å². The Kier molecular flexibility index (Phi) is 8.53. The fraction of sp³-hybridized carbons (Fsp3) is 0.364. The molecular formula is C22H25Cl2FN4O2S. The van der Waals surface area contributed by atoms with E-state index in [1.165, 1.54) is 23.5 Å². The molecule has 0 spiro atoms. The second-order valence-corrected chi connectivity index (χ2v) is 8.89. The third-order valence-electron chi connectivity index (χ3n) is 4.99. The topological polar surface area (TPSA) is 66.5 Å². The van der Waals surface area contributed by atoms with E-state index in [-0.39, 0.29) is 11.1 Å². The van der Waals surface area contributed by atoms with Gasteiger partial charge in [-0.2, -0.15) is 0 Å². The van der Waals surface area contributed by atoms with Crippen LogP contribution in [0.5, 0.6) is 5.75 Å². The summed E-state index contributed by atoms with van der Waals surface area (Å²) in [5.74, 6) is 0.00536. The van der Waals surface area contributed by atoms with Gasteiger partial charge in [-0.1, -0.05) is 48.4 Å². The largest absolute Gasteiger partial charge is 0.486 e. The standard InChI is InChI=1S/C22H25Cl2FN4O2S/c1-4-29(5-2)11-10-26-21(30)28-22-27-17-9-6-14(12-18(17)32-22)31-13(3)19-15(23)7-8-16(25)20(19)24/h6-9,12-13H,4-5,10-11H2,1-3H3,(H2,26,27,28,30). The van der Waals surface area contributed by atoms with Crippen molar-refractivity contribution in [2.24, 2.45) is 0 Å². The van der Waals surface area contributed by atoms with Crippen molar-refractivity contribution in [3.8, 4) is 5.75 Å². The van der Waals surface area contributed by atoms with Crippen LogP contribution in [0.2, 0.25) is 10.0 Å². The minimum absolute atomic E-state index is 0.0534. The minimum atomic E-state index is -0.565. The Hall–Kier alpha value is -2.13. The van der Waals surface area contributed by atoms with E-state index in [4.69, 9.17) is 27.9 Å². The lowest BCUT2D eigenvalue weighted by molar-refractivity contribution is 0.227. The number of nitrogens with one attached hydrogen (secondary N) is 2. The Bertz CT molecular complexity index is 1090. The molecule has 3 rings (SSSR count). The molecule has 0 bridgehead atoms. The predicted molar refractivity (Wildman–Crippen MR) is 130 cm³/mol. The van der Waals surface area contributed by atoms with Crippen LogP contribution in [-0.2, 0) is 0 Å². The molecule has 10 heteroatoms. The first-order chi connectivity index (χ1) is 15.3. The molecular weight excluding hydrogens is 474 g/mol. The van der Waals surface area contributed by atoms with E-state index < -0.39 is 11.9 Å². The summed E-state index contributed by atoms with van der Waals surface area (Å²) in [5.41, 5.74) is 1.12. The highest BCUT2D eigenvalue weighted by molar-refractivity contribution is 7.22. The van der Waals surface area contributed by atoms with Crippen molar-refractivity contribution < 1.29 is 13.9 Å². The van der Waals surface area contributed by atoms with Crippen LogP contribution in [0.25, 0.3) is 10.2 Å². The number of urea groups is 1. The van der Waals surface area contributed by atoms with Crippen LogP contribution in [0, 0.1) is 5.82 Å². The van der Waals surface area contributed by atoms with Gasteiger partial charge >= 0.3 is 6.03 Å². The number of rotatable bonds is 9. The molecule has 32 heavy (non-hydrogen) atoms. The SMILES string of the molecule is CCN(CC)CCNC(=O)Nc1nc2ccc(OC(C)c3c(Cl)ccc(F)c3Cl)cc2s1. The summed E-state index contributed by atoms with van der Waals surface area (Å²) in [7, 11) is 0. The Morgan fingerprint density at radius 3 is 2.72 bits per heavy atom. The number of hydrogen-bond donors (Lipinski definition) is 2. The lowest BCUT2D eigenvalue weighted by atomic mass is 10.1. The number of halogens is 3. The number of fused-ring (bicyclic) bond motifs is 1. The monoisotopic (exact) mass is 498 g/mol. The first-order valence-electron chi connectivity index (χ1n) is 10.3. The fourth-order valence-corrected chi connectivity index (χ4v) is 4.79. The van der Waals surface area contributed by atoms with E-state index in [0.29, 0.717) is 28.0 Å². The summed E-state index contributed by atoms with van der Waals surface area (Å²) in [5, 5.41) is 6.38. The fourth-order valence-electron chi connectivity index (χ4n) is 3.22. The van der Waals surface area contributed by atoms with Gasteiger partial charge in [-0.3, -0.25) is 5.32 Å². The average Bonchev–Trinajstić information content (AvgIpc) is 3.15. The normalized spacial score (nSPS) is 12.2. The number of amides is 2. The number of aromatic nitrogens is 1. The number of ether oxygens (including phenoxy) is 1. The van der Waals surface area contributed by atoms with Gasteiger partial charge in [-0.25, -0.2) is 14.2 Å². The molecule has 172 valence electrons. The first kappa shape index (κ1) is 24.5. The molecule has 1 atom stereocenters. The third-order valence-corrected chi connectivity index (χ3v) is 6.63. The molecule has 0 aliphatic heterocycles. The van der Waals surface area contributed by atoms with Crippen LogP contribution in [0.3, 0.4) is 0 Å². The maximum Gasteiger partial charge on any atom is 0.321 e. The smallest absolute Gasteiger partial charge is 0.321 e.